The number of carboxylic acid groups (broad SMARTS) is 1. The average Bonchev–Trinajstić information content (AvgIpc) is 3.10. The molecule has 126 valence electrons. The van der Waals surface area contributed by atoms with E-state index < -0.39 is 5.97 Å². The van der Waals surface area contributed by atoms with Crippen molar-refractivity contribution in [2.24, 2.45) is 5.92 Å². The lowest BCUT2D eigenvalue weighted by Gasteiger charge is -2.37. The molecule has 3 atom stereocenters. The highest BCUT2D eigenvalue weighted by atomic mass is 16.6. The van der Waals surface area contributed by atoms with Crippen LogP contribution in [-0.4, -0.2) is 10.9 Å². The summed E-state index contributed by atoms with van der Waals surface area (Å²) >= 11 is 0. The number of hydrogen-bond donors (Lipinski definition) is 1. The summed E-state index contributed by atoms with van der Waals surface area (Å²) in [5.41, 5.74) is 3.06. The number of carboxylic acids is 1. The summed E-state index contributed by atoms with van der Waals surface area (Å²) in [7, 11) is 0. The van der Waals surface area contributed by atoms with Crippen molar-refractivity contribution < 1.29 is 14.8 Å². The molecule has 0 amide bonds. The van der Waals surface area contributed by atoms with Crippen molar-refractivity contribution in [2.75, 3.05) is 5.32 Å². The Hall–Kier alpha value is -3.15. The third-order valence-corrected chi connectivity index (χ3v) is 5.06. The van der Waals surface area contributed by atoms with Gasteiger partial charge >= 0.3 is 0 Å². The average molecular weight is 335 g/mol. The zero-order valence-electron chi connectivity index (χ0n) is 13.2. The SMILES string of the molecule is O=C([O-])c1ccc([C@H]2Nc3ccc([N+](=O)[O-])cc3[C@H]3C=CC[C@H]32)cc1. The minimum atomic E-state index is -1.19. The van der Waals surface area contributed by atoms with E-state index in [1.54, 1.807) is 36.4 Å². The van der Waals surface area contributed by atoms with E-state index in [-0.39, 0.29) is 34.1 Å². The molecular weight excluding hydrogens is 320 g/mol. The normalized spacial score (nSPS) is 23.4. The first kappa shape index (κ1) is 15.4. The molecule has 0 aromatic heterocycles. The molecular formula is C19H15N2O4-. The predicted molar refractivity (Wildman–Crippen MR) is 90.2 cm³/mol. The van der Waals surface area contributed by atoms with Crippen LogP contribution in [-0.2, 0) is 0 Å². The fourth-order valence-electron chi connectivity index (χ4n) is 3.85. The van der Waals surface area contributed by atoms with Gasteiger partial charge in [0.25, 0.3) is 5.69 Å². The van der Waals surface area contributed by atoms with Crippen molar-refractivity contribution in [2.45, 2.75) is 18.4 Å². The molecule has 6 heteroatoms. The summed E-state index contributed by atoms with van der Waals surface area (Å²) in [4.78, 5) is 21.6. The van der Waals surface area contributed by atoms with Crippen molar-refractivity contribution in [1.82, 2.24) is 0 Å². The van der Waals surface area contributed by atoms with Crippen LogP contribution in [0.25, 0.3) is 0 Å². The van der Waals surface area contributed by atoms with Gasteiger partial charge < -0.3 is 15.2 Å². The van der Waals surface area contributed by atoms with Crippen LogP contribution in [0.4, 0.5) is 11.4 Å². The van der Waals surface area contributed by atoms with E-state index >= 15 is 0 Å². The smallest absolute Gasteiger partial charge is 0.269 e. The Kier molecular flexibility index (Phi) is 3.53. The number of anilines is 1. The number of nitro groups is 1. The lowest BCUT2D eigenvalue weighted by atomic mass is 9.77. The molecule has 2 aromatic rings. The number of nitro benzene ring substituents is 1. The van der Waals surface area contributed by atoms with Gasteiger partial charge in [0.1, 0.15) is 0 Å². The Morgan fingerprint density at radius 2 is 1.92 bits per heavy atom. The van der Waals surface area contributed by atoms with Crippen molar-refractivity contribution in [1.29, 1.82) is 0 Å². The molecule has 6 nitrogen and oxygen atoms in total. The molecule has 2 aromatic carbocycles. The molecule has 0 bridgehead atoms. The topological polar surface area (TPSA) is 95.3 Å². The van der Waals surface area contributed by atoms with Crippen LogP contribution in [0.1, 0.15) is 39.9 Å². The van der Waals surface area contributed by atoms with E-state index in [0.717, 1.165) is 23.2 Å². The number of non-ortho nitro benzene ring substituents is 1. The second-order valence-electron chi connectivity index (χ2n) is 6.41. The third-order valence-electron chi connectivity index (χ3n) is 5.06. The number of rotatable bonds is 3. The first-order chi connectivity index (χ1) is 12.0. The lowest BCUT2D eigenvalue weighted by molar-refractivity contribution is -0.384. The van der Waals surface area contributed by atoms with Crippen LogP contribution in [0.15, 0.2) is 54.6 Å². The molecule has 4 rings (SSSR count). The Balaban J connectivity index is 1.72. The van der Waals surface area contributed by atoms with Crippen molar-refractivity contribution >= 4 is 17.3 Å². The molecule has 0 saturated heterocycles. The van der Waals surface area contributed by atoms with Crippen LogP contribution in [0.5, 0.6) is 0 Å². The highest BCUT2D eigenvalue weighted by molar-refractivity contribution is 5.85. The maximum atomic E-state index is 11.1. The number of carbonyl (C=O) groups excluding carboxylic acids is 1. The van der Waals surface area contributed by atoms with Gasteiger partial charge in [0.15, 0.2) is 0 Å². The summed E-state index contributed by atoms with van der Waals surface area (Å²) in [5.74, 6) is -0.841. The van der Waals surface area contributed by atoms with Crippen molar-refractivity contribution in [3.8, 4) is 0 Å². The molecule has 0 spiro atoms. The summed E-state index contributed by atoms with van der Waals surface area (Å²) in [6, 6.07) is 11.6. The predicted octanol–water partition coefficient (Wildman–Crippen LogP) is 2.78. The Bertz CT molecular complexity index is 889. The van der Waals surface area contributed by atoms with Gasteiger partial charge in [-0.2, -0.15) is 0 Å². The molecule has 1 aliphatic heterocycles. The van der Waals surface area contributed by atoms with Crippen molar-refractivity contribution in [3.63, 3.8) is 0 Å². The number of hydrogen-bond acceptors (Lipinski definition) is 5. The Morgan fingerprint density at radius 3 is 2.60 bits per heavy atom. The van der Waals surface area contributed by atoms with Gasteiger partial charge in [-0.3, -0.25) is 10.1 Å². The Labute approximate surface area is 144 Å². The molecule has 2 aliphatic rings. The number of nitrogens with one attached hydrogen (secondary N) is 1. The summed E-state index contributed by atoms with van der Waals surface area (Å²) in [6.07, 6.45) is 5.08. The van der Waals surface area contributed by atoms with Crippen LogP contribution >= 0.6 is 0 Å². The molecule has 25 heavy (non-hydrogen) atoms. The second-order valence-corrected chi connectivity index (χ2v) is 6.41. The second kappa shape index (κ2) is 5.73. The lowest BCUT2D eigenvalue weighted by Crippen LogP contribution is -2.29. The molecule has 0 unspecified atom stereocenters. The van der Waals surface area contributed by atoms with Gasteiger partial charge in [0.05, 0.1) is 16.9 Å². The highest BCUT2D eigenvalue weighted by Gasteiger charge is 2.38. The van der Waals surface area contributed by atoms with Gasteiger partial charge in [-0.15, -0.1) is 0 Å². The van der Waals surface area contributed by atoms with Crippen LogP contribution in [0.3, 0.4) is 0 Å². The number of nitrogens with zero attached hydrogens (tertiary/aromatic N) is 1. The number of allylic oxidation sites excluding steroid dienone is 2. The maximum absolute atomic E-state index is 11.1. The number of fused-ring (bicyclic) bond motifs is 3. The molecule has 0 saturated carbocycles. The van der Waals surface area contributed by atoms with Crippen molar-refractivity contribution in [3.05, 3.63) is 81.4 Å². The third kappa shape index (κ3) is 2.55. The zero-order chi connectivity index (χ0) is 17.6. The van der Waals surface area contributed by atoms with Gasteiger partial charge in [0, 0.05) is 23.7 Å². The van der Waals surface area contributed by atoms with E-state index in [2.05, 4.69) is 17.5 Å². The monoisotopic (exact) mass is 335 g/mol. The zero-order valence-corrected chi connectivity index (χ0v) is 13.2. The molecule has 0 fully saturated rings. The largest absolute Gasteiger partial charge is 0.545 e. The van der Waals surface area contributed by atoms with E-state index in [1.165, 1.54) is 6.07 Å². The van der Waals surface area contributed by atoms with E-state index in [1.807, 2.05) is 0 Å². The number of aromatic carboxylic acids is 1. The van der Waals surface area contributed by atoms with Gasteiger partial charge in [-0.05, 0) is 35.1 Å². The van der Waals surface area contributed by atoms with Gasteiger partial charge in [-0.1, -0.05) is 36.4 Å². The minimum absolute atomic E-state index is 0.0183. The summed E-state index contributed by atoms with van der Waals surface area (Å²) in [6.45, 7) is 0. The van der Waals surface area contributed by atoms with E-state index in [4.69, 9.17) is 0 Å². The van der Waals surface area contributed by atoms with Gasteiger partial charge in [0.2, 0.25) is 0 Å². The summed E-state index contributed by atoms with van der Waals surface area (Å²) in [5, 5.41) is 25.5. The van der Waals surface area contributed by atoms with E-state index in [0.29, 0.717) is 0 Å². The Morgan fingerprint density at radius 1 is 1.16 bits per heavy atom. The highest BCUT2D eigenvalue weighted by Crippen LogP contribution is 2.50. The molecule has 0 radical (unpaired) electrons. The van der Waals surface area contributed by atoms with Crippen LogP contribution in [0, 0.1) is 16.0 Å². The quantitative estimate of drug-likeness (QED) is 0.529. The fraction of sp³-hybridized carbons (Fsp3) is 0.211. The fourth-order valence-corrected chi connectivity index (χ4v) is 3.85. The summed E-state index contributed by atoms with van der Waals surface area (Å²) < 4.78 is 0. The number of benzene rings is 2. The maximum Gasteiger partial charge on any atom is 0.269 e. The van der Waals surface area contributed by atoms with Crippen LogP contribution < -0.4 is 10.4 Å². The number of carbonyl (C=O) groups is 1. The first-order valence-corrected chi connectivity index (χ1v) is 8.07. The minimum Gasteiger partial charge on any atom is -0.545 e. The van der Waals surface area contributed by atoms with Crippen LogP contribution in [0.2, 0.25) is 0 Å². The standard InChI is InChI=1S/C19H16N2O4/c22-19(23)12-6-4-11(5-7-12)18-15-3-1-2-14(15)16-10-13(21(24)25)8-9-17(16)20-18/h1-2,4-10,14-15,18,20H,3H2,(H,22,23)/p-1/t14-,15+,18+/m0/s1. The first-order valence-electron chi connectivity index (χ1n) is 8.07. The molecule has 1 heterocycles. The molecule has 1 aliphatic carbocycles. The van der Waals surface area contributed by atoms with Gasteiger partial charge in [-0.25, -0.2) is 0 Å². The molecule has 1 N–H and O–H groups in total. The van der Waals surface area contributed by atoms with E-state index in [9.17, 15) is 20.0 Å².